The van der Waals surface area contributed by atoms with Crippen LogP contribution in [0.3, 0.4) is 0 Å². The summed E-state index contributed by atoms with van der Waals surface area (Å²) in [6.45, 7) is 27.2. The average molecular weight is 919 g/mol. The van der Waals surface area contributed by atoms with Crippen molar-refractivity contribution in [2.24, 2.45) is 0 Å². The lowest BCUT2D eigenvalue weighted by atomic mass is 9.77. The maximum atomic E-state index is 12.3. The van der Waals surface area contributed by atoms with E-state index < -0.39 is 29.2 Å². The third-order valence-electron chi connectivity index (χ3n) is 9.32. The van der Waals surface area contributed by atoms with E-state index >= 15 is 0 Å². The molecule has 1 fully saturated rings. The minimum atomic E-state index is -0.514. The number of hydrogen-bond donors (Lipinski definition) is 2. The van der Waals surface area contributed by atoms with Crippen LogP contribution in [0.4, 0.5) is 14.0 Å². The lowest BCUT2D eigenvalue weighted by molar-refractivity contribution is 0.00578. The maximum Gasteiger partial charge on any atom is 0.494 e. The summed E-state index contributed by atoms with van der Waals surface area (Å²) in [4.78, 5) is 31.4. The fraction of sp³-hybridized carbons (Fsp3) is 0.455. The quantitative estimate of drug-likeness (QED) is 0.145. The Balaban J connectivity index is 0.000000261. The highest BCUT2D eigenvalue weighted by Gasteiger charge is 2.51. The first-order chi connectivity index (χ1) is 27.1. The Kier molecular flexibility index (Phi) is 17.0. The molecule has 1 aliphatic heterocycles. The van der Waals surface area contributed by atoms with Crippen molar-refractivity contribution in [1.29, 1.82) is 0 Å². The number of benzene rings is 2. The van der Waals surface area contributed by atoms with Gasteiger partial charge in [-0.3, -0.25) is 0 Å². The molecule has 0 spiro atoms. The molecule has 2 aromatic heterocycles. The van der Waals surface area contributed by atoms with Crippen LogP contribution >= 0.6 is 39.1 Å². The Morgan fingerprint density at radius 3 is 1.63 bits per heavy atom. The van der Waals surface area contributed by atoms with Crippen LogP contribution < -0.4 is 16.1 Å². The van der Waals surface area contributed by atoms with E-state index in [1.54, 1.807) is 6.20 Å². The van der Waals surface area contributed by atoms with E-state index in [2.05, 4.69) is 48.7 Å². The number of halogens is 4. The summed E-state index contributed by atoms with van der Waals surface area (Å²) in [6.07, 6.45) is 1.92. The van der Waals surface area contributed by atoms with E-state index in [1.165, 1.54) is 6.07 Å². The molecule has 1 saturated heterocycles. The number of rotatable bonds is 6. The van der Waals surface area contributed by atoms with Crippen molar-refractivity contribution in [3.8, 4) is 11.1 Å². The molecule has 4 aromatic rings. The van der Waals surface area contributed by atoms with Crippen LogP contribution in [0.15, 0.2) is 71.5 Å². The van der Waals surface area contributed by atoms with Crippen molar-refractivity contribution in [2.45, 2.75) is 131 Å². The summed E-state index contributed by atoms with van der Waals surface area (Å²) in [7, 11) is -0.387. The SMILES string of the molecule is Cc1cc(-c2ccnc(Cl)c2)ccc1[C@@H](C)NC(=O)OC(C)(C)C.Cc1cc(B2OC(C)(C)C(C)(C)O2)ccc1[C@@H](C)NC(=O)OC(C)(C)C.Fc1cnc(Cl)cc1Br. The first-order valence-electron chi connectivity index (χ1n) is 19.2. The minimum Gasteiger partial charge on any atom is -0.444 e. The largest absolute Gasteiger partial charge is 0.494 e. The van der Waals surface area contributed by atoms with Gasteiger partial charge in [0.25, 0.3) is 0 Å². The topological polar surface area (TPSA) is 121 Å². The molecule has 0 radical (unpaired) electrons. The van der Waals surface area contributed by atoms with Crippen LogP contribution in [0.25, 0.3) is 11.1 Å². The predicted molar refractivity (Wildman–Crippen MR) is 239 cm³/mol. The summed E-state index contributed by atoms with van der Waals surface area (Å²) < 4.78 is 35.5. The zero-order valence-corrected chi connectivity index (χ0v) is 39.5. The van der Waals surface area contributed by atoms with E-state index in [9.17, 15) is 14.0 Å². The Morgan fingerprint density at radius 1 is 0.746 bits per heavy atom. The maximum absolute atomic E-state index is 12.3. The fourth-order valence-corrected chi connectivity index (χ4v) is 6.53. The Bertz CT molecular complexity index is 2080. The van der Waals surface area contributed by atoms with E-state index in [0.717, 1.165) is 45.0 Å². The second-order valence-electron chi connectivity index (χ2n) is 17.3. The van der Waals surface area contributed by atoms with Gasteiger partial charge in [-0.2, -0.15) is 0 Å². The molecule has 3 heterocycles. The predicted octanol–water partition coefficient (Wildman–Crippen LogP) is 11.8. The smallest absolute Gasteiger partial charge is 0.444 e. The van der Waals surface area contributed by atoms with Gasteiger partial charge >= 0.3 is 19.3 Å². The highest BCUT2D eigenvalue weighted by atomic mass is 79.9. The Morgan fingerprint density at radius 2 is 1.20 bits per heavy atom. The molecule has 2 N–H and O–H groups in total. The van der Waals surface area contributed by atoms with Gasteiger partial charge in [0.2, 0.25) is 0 Å². The van der Waals surface area contributed by atoms with Crippen LogP contribution in [-0.4, -0.2) is 51.7 Å². The zero-order chi connectivity index (χ0) is 44.7. The first-order valence-corrected chi connectivity index (χ1v) is 20.8. The average Bonchev–Trinajstić information content (AvgIpc) is 3.31. The molecule has 0 bridgehead atoms. The van der Waals surface area contributed by atoms with E-state index in [4.69, 9.17) is 42.0 Å². The van der Waals surface area contributed by atoms with Gasteiger partial charge in [0, 0.05) is 6.20 Å². The number of aryl methyl sites for hydroxylation is 2. The molecule has 2 aromatic carbocycles. The molecule has 10 nitrogen and oxygen atoms in total. The number of ether oxygens (including phenoxy) is 2. The third kappa shape index (κ3) is 15.3. The van der Waals surface area contributed by atoms with Gasteiger partial charge in [-0.25, -0.2) is 23.9 Å². The Hall–Kier alpha value is -3.75. The van der Waals surface area contributed by atoms with Crippen molar-refractivity contribution in [2.75, 3.05) is 0 Å². The molecule has 0 saturated carbocycles. The molecule has 320 valence electrons. The number of amides is 2. The van der Waals surface area contributed by atoms with Gasteiger partial charge in [-0.05, 0) is 170 Å². The van der Waals surface area contributed by atoms with Gasteiger partial charge in [-0.15, -0.1) is 0 Å². The number of pyridine rings is 2. The monoisotopic (exact) mass is 916 g/mol. The van der Waals surface area contributed by atoms with Gasteiger partial charge in [0.05, 0.1) is 34.0 Å². The molecule has 15 heteroatoms. The standard InChI is InChI=1S/C20H32BNO4.C19H23ClN2O2.C5H2BrClFN/c1-13-12-15(21-25-19(6,7)20(8,9)26-21)10-11-16(13)14(2)22-17(23)24-18(3,4)5;1-12-10-14(15-8-9-21-17(20)11-15)6-7-16(12)13(2)22-18(23)24-19(3,4)5;6-3-1-5(7)9-2-4(3)8/h10-12,14H,1-9H3,(H,22,23);6-11,13H,1-5H3,(H,22,23);1-2H/t14-;13-;/m11./s1. The summed E-state index contributed by atoms with van der Waals surface area (Å²) in [6, 6.07) is 17.0. The van der Waals surface area contributed by atoms with Crippen molar-refractivity contribution in [3.05, 3.63) is 110 Å². The zero-order valence-electron chi connectivity index (χ0n) is 36.4. The molecule has 59 heavy (non-hydrogen) atoms. The van der Waals surface area contributed by atoms with Crippen molar-refractivity contribution in [1.82, 2.24) is 20.6 Å². The molecule has 1 aliphatic rings. The van der Waals surface area contributed by atoms with Crippen LogP contribution in [0.1, 0.15) is 117 Å². The van der Waals surface area contributed by atoms with Gasteiger partial charge < -0.3 is 29.4 Å². The van der Waals surface area contributed by atoms with Crippen LogP contribution in [0.5, 0.6) is 0 Å². The van der Waals surface area contributed by atoms with Gasteiger partial charge in [0.15, 0.2) is 5.82 Å². The molecular weight excluding hydrogens is 861 g/mol. The summed E-state index contributed by atoms with van der Waals surface area (Å²) >= 11 is 14.3. The highest BCUT2D eigenvalue weighted by Crippen LogP contribution is 2.36. The van der Waals surface area contributed by atoms with Crippen LogP contribution in [-0.2, 0) is 18.8 Å². The first kappa shape index (κ1) is 49.6. The third-order valence-corrected chi connectivity index (χ3v) is 10.3. The number of nitrogens with one attached hydrogen (secondary N) is 2. The number of alkyl carbamates (subject to hydrolysis) is 2. The van der Waals surface area contributed by atoms with Crippen LogP contribution in [0.2, 0.25) is 10.3 Å². The number of aromatic nitrogens is 2. The molecular formula is C44H57BBrCl2FN4O6. The van der Waals surface area contributed by atoms with Gasteiger partial charge in [-0.1, -0.05) is 59.6 Å². The van der Waals surface area contributed by atoms with E-state index in [-0.39, 0.29) is 35.6 Å². The second kappa shape index (κ2) is 20.2. The molecule has 0 unspecified atom stereocenters. The highest BCUT2D eigenvalue weighted by molar-refractivity contribution is 9.10. The molecule has 2 atom stereocenters. The van der Waals surface area contributed by atoms with Crippen molar-refractivity contribution in [3.63, 3.8) is 0 Å². The van der Waals surface area contributed by atoms with Crippen LogP contribution in [0, 0.1) is 19.7 Å². The lowest BCUT2D eigenvalue weighted by Crippen LogP contribution is -2.41. The number of carbonyl (C=O) groups excluding carboxylic acids is 2. The van der Waals surface area contributed by atoms with Gasteiger partial charge in [0.1, 0.15) is 21.5 Å². The summed E-state index contributed by atoms with van der Waals surface area (Å²) in [5.41, 5.74) is 5.54. The summed E-state index contributed by atoms with van der Waals surface area (Å²) in [5.74, 6) is -0.403. The summed E-state index contributed by atoms with van der Waals surface area (Å²) in [5, 5.41) is 6.50. The van der Waals surface area contributed by atoms with Crippen molar-refractivity contribution >= 4 is 63.9 Å². The lowest BCUT2D eigenvalue weighted by Gasteiger charge is -2.32. The van der Waals surface area contributed by atoms with E-state index in [0.29, 0.717) is 9.63 Å². The molecule has 2 amide bonds. The number of hydrogen-bond acceptors (Lipinski definition) is 8. The minimum absolute atomic E-state index is 0.144. The van der Waals surface area contributed by atoms with Crippen molar-refractivity contribution < 1.29 is 32.8 Å². The fourth-order valence-electron chi connectivity index (χ4n) is 5.75. The normalized spacial score (nSPS) is 15.4. The second-order valence-corrected chi connectivity index (χ2v) is 18.9. The Labute approximate surface area is 367 Å². The van der Waals surface area contributed by atoms with E-state index in [1.807, 2.05) is 133 Å². The number of nitrogens with zero attached hydrogens (tertiary/aromatic N) is 2. The molecule has 5 rings (SSSR count). The number of carbonyl (C=O) groups is 2. The molecule has 0 aliphatic carbocycles.